The lowest BCUT2D eigenvalue weighted by Gasteiger charge is -2.00. The predicted octanol–water partition coefficient (Wildman–Crippen LogP) is 3.82. The maximum absolute atomic E-state index is 6.01. The molecule has 2 rings (SSSR count). The van der Waals surface area contributed by atoms with E-state index in [9.17, 15) is 0 Å². The molecule has 0 amide bonds. The van der Waals surface area contributed by atoms with Gasteiger partial charge < -0.3 is 4.98 Å². The van der Waals surface area contributed by atoms with Crippen LogP contribution < -0.4 is 0 Å². The minimum absolute atomic E-state index is 0.794. The normalized spacial score (nSPS) is 10.2. The fraction of sp³-hybridized carbons (Fsp3) is 0. The summed E-state index contributed by atoms with van der Waals surface area (Å²) in [6, 6.07) is 11.8. The molecule has 0 spiro atoms. The van der Waals surface area contributed by atoms with Crippen LogP contribution in [0.4, 0.5) is 0 Å². The molecule has 1 aromatic carbocycles. The van der Waals surface area contributed by atoms with E-state index in [-0.39, 0.29) is 0 Å². The van der Waals surface area contributed by atoms with Crippen LogP contribution in [0.1, 0.15) is 0 Å². The van der Waals surface area contributed by atoms with Crippen LogP contribution >= 0.6 is 23.4 Å². The largest absolute Gasteiger partial charge is 0.356 e. The molecule has 13 heavy (non-hydrogen) atoms. The Morgan fingerprint density at radius 3 is 2.62 bits per heavy atom. The molecule has 0 saturated carbocycles. The molecule has 0 aliphatic carbocycles. The van der Waals surface area contributed by atoms with Crippen molar-refractivity contribution >= 4 is 23.4 Å². The van der Waals surface area contributed by atoms with Gasteiger partial charge in [0, 0.05) is 11.1 Å². The summed E-state index contributed by atoms with van der Waals surface area (Å²) in [7, 11) is 0. The summed E-state index contributed by atoms with van der Waals surface area (Å²) in [5, 5.41) is 1.90. The van der Waals surface area contributed by atoms with Crippen molar-refractivity contribution in [3.8, 4) is 0 Å². The zero-order chi connectivity index (χ0) is 9.10. The monoisotopic (exact) mass is 209 g/mol. The first-order valence-electron chi connectivity index (χ1n) is 3.92. The second-order valence-electron chi connectivity index (χ2n) is 2.57. The molecular formula is C10H8ClNS. The Balaban J connectivity index is 2.24. The van der Waals surface area contributed by atoms with Gasteiger partial charge >= 0.3 is 0 Å². The van der Waals surface area contributed by atoms with Crippen LogP contribution in [-0.2, 0) is 0 Å². The highest BCUT2D eigenvalue weighted by Gasteiger charge is 2.00. The van der Waals surface area contributed by atoms with Gasteiger partial charge in [0.15, 0.2) is 0 Å². The van der Waals surface area contributed by atoms with Crippen LogP contribution in [0.5, 0.6) is 0 Å². The van der Waals surface area contributed by atoms with Crippen LogP contribution in [0.2, 0.25) is 5.02 Å². The lowest BCUT2D eigenvalue weighted by atomic mass is 10.4. The molecule has 0 atom stereocenters. The van der Waals surface area contributed by atoms with E-state index < -0.39 is 0 Å². The molecule has 0 aliphatic rings. The number of benzene rings is 1. The van der Waals surface area contributed by atoms with Crippen molar-refractivity contribution in [2.24, 2.45) is 0 Å². The summed E-state index contributed by atoms with van der Waals surface area (Å²) in [5.41, 5.74) is 0. The molecule has 1 nitrogen and oxygen atoms in total. The van der Waals surface area contributed by atoms with Gasteiger partial charge in [-0.1, -0.05) is 35.5 Å². The SMILES string of the molecule is Clc1ccccc1Sc1ccc[nH]1. The van der Waals surface area contributed by atoms with Gasteiger partial charge in [0.1, 0.15) is 0 Å². The number of hydrogen-bond acceptors (Lipinski definition) is 1. The van der Waals surface area contributed by atoms with E-state index in [4.69, 9.17) is 11.6 Å². The number of aromatic amines is 1. The summed E-state index contributed by atoms with van der Waals surface area (Å²) in [4.78, 5) is 4.19. The van der Waals surface area contributed by atoms with Crippen molar-refractivity contribution in [2.75, 3.05) is 0 Å². The van der Waals surface area contributed by atoms with Crippen LogP contribution in [-0.4, -0.2) is 4.98 Å². The smallest absolute Gasteiger partial charge is 0.0770 e. The van der Waals surface area contributed by atoms with Crippen LogP contribution in [0.25, 0.3) is 0 Å². The molecule has 2 aromatic rings. The van der Waals surface area contributed by atoms with Gasteiger partial charge in [-0.2, -0.15) is 0 Å². The summed E-state index contributed by atoms with van der Waals surface area (Å²) in [6.07, 6.45) is 1.90. The number of halogens is 1. The van der Waals surface area contributed by atoms with Gasteiger partial charge in [0.25, 0.3) is 0 Å². The summed E-state index contributed by atoms with van der Waals surface area (Å²) < 4.78 is 0. The molecule has 1 N–H and O–H groups in total. The van der Waals surface area contributed by atoms with E-state index in [1.54, 1.807) is 11.8 Å². The summed E-state index contributed by atoms with van der Waals surface area (Å²) in [6.45, 7) is 0. The van der Waals surface area contributed by atoms with Crippen LogP contribution in [0.3, 0.4) is 0 Å². The number of hydrogen-bond donors (Lipinski definition) is 1. The van der Waals surface area contributed by atoms with Crippen molar-refractivity contribution in [1.82, 2.24) is 4.98 Å². The van der Waals surface area contributed by atoms with Crippen molar-refractivity contribution in [3.05, 3.63) is 47.6 Å². The third-order valence-corrected chi connectivity index (χ3v) is 3.12. The fourth-order valence-electron chi connectivity index (χ4n) is 1.02. The third-order valence-electron chi connectivity index (χ3n) is 1.63. The molecule has 1 aromatic heterocycles. The molecule has 0 saturated heterocycles. The number of rotatable bonds is 2. The topological polar surface area (TPSA) is 15.8 Å². The fourth-order valence-corrected chi connectivity index (χ4v) is 2.10. The Bertz CT molecular complexity index is 384. The van der Waals surface area contributed by atoms with Gasteiger partial charge in [-0.25, -0.2) is 0 Å². The minimum Gasteiger partial charge on any atom is -0.356 e. The zero-order valence-corrected chi connectivity index (χ0v) is 8.40. The van der Waals surface area contributed by atoms with E-state index in [0.29, 0.717) is 0 Å². The van der Waals surface area contributed by atoms with Crippen LogP contribution in [0.15, 0.2) is 52.5 Å². The predicted molar refractivity (Wildman–Crippen MR) is 56.4 cm³/mol. The average Bonchev–Trinajstić information content (AvgIpc) is 2.61. The number of nitrogens with one attached hydrogen (secondary N) is 1. The first-order chi connectivity index (χ1) is 6.36. The molecule has 66 valence electrons. The van der Waals surface area contributed by atoms with E-state index in [1.807, 2.05) is 42.6 Å². The highest BCUT2D eigenvalue weighted by Crippen LogP contribution is 2.31. The zero-order valence-electron chi connectivity index (χ0n) is 6.83. The summed E-state index contributed by atoms with van der Waals surface area (Å²) in [5.74, 6) is 0. The highest BCUT2D eigenvalue weighted by atomic mass is 35.5. The van der Waals surface area contributed by atoms with E-state index >= 15 is 0 Å². The molecule has 0 aliphatic heterocycles. The lowest BCUT2D eigenvalue weighted by molar-refractivity contribution is 1.20. The first kappa shape index (κ1) is 8.73. The van der Waals surface area contributed by atoms with Crippen molar-refractivity contribution < 1.29 is 0 Å². The average molecular weight is 210 g/mol. The Morgan fingerprint density at radius 1 is 1.08 bits per heavy atom. The molecule has 0 bridgehead atoms. The van der Waals surface area contributed by atoms with Crippen LogP contribution in [0, 0.1) is 0 Å². The van der Waals surface area contributed by atoms with Crippen molar-refractivity contribution in [3.63, 3.8) is 0 Å². The minimum atomic E-state index is 0.794. The standard InChI is InChI=1S/C10H8ClNS/c11-8-4-1-2-5-9(8)13-10-6-3-7-12-10/h1-7,12H. The van der Waals surface area contributed by atoms with E-state index in [0.717, 1.165) is 14.9 Å². The van der Waals surface area contributed by atoms with Crippen molar-refractivity contribution in [1.29, 1.82) is 0 Å². The van der Waals surface area contributed by atoms with Gasteiger partial charge in [0.2, 0.25) is 0 Å². The summed E-state index contributed by atoms with van der Waals surface area (Å²) >= 11 is 7.64. The number of aromatic nitrogens is 1. The molecule has 0 unspecified atom stereocenters. The molecule has 0 fully saturated rings. The molecule has 1 heterocycles. The quantitative estimate of drug-likeness (QED) is 0.795. The molecule has 3 heteroatoms. The second-order valence-corrected chi connectivity index (χ2v) is 4.06. The number of H-pyrrole nitrogens is 1. The van der Waals surface area contributed by atoms with Gasteiger partial charge in [0.05, 0.1) is 10.0 Å². The Kier molecular flexibility index (Phi) is 2.62. The van der Waals surface area contributed by atoms with E-state index in [1.165, 1.54) is 0 Å². The second kappa shape index (κ2) is 3.90. The first-order valence-corrected chi connectivity index (χ1v) is 5.11. The maximum atomic E-state index is 6.01. The Hall–Kier alpha value is -0.860. The molecule has 0 radical (unpaired) electrons. The third kappa shape index (κ3) is 2.08. The van der Waals surface area contributed by atoms with Crippen molar-refractivity contribution in [2.45, 2.75) is 9.92 Å². The van der Waals surface area contributed by atoms with E-state index in [2.05, 4.69) is 4.98 Å². The highest BCUT2D eigenvalue weighted by molar-refractivity contribution is 7.99. The molecular weight excluding hydrogens is 202 g/mol. The van der Waals surface area contributed by atoms with Gasteiger partial charge in [-0.05, 0) is 24.3 Å². The van der Waals surface area contributed by atoms with Gasteiger partial charge in [-0.15, -0.1) is 0 Å². The Morgan fingerprint density at radius 2 is 1.92 bits per heavy atom. The lowest BCUT2D eigenvalue weighted by Crippen LogP contribution is -1.73. The maximum Gasteiger partial charge on any atom is 0.0770 e. The van der Waals surface area contributed by atoms with Gasteiger partial charge in [-0.3, -0.25) is 0 Å². The Labute approximate surface area is 86.1 Å².